The molecular weight excluding hydrogens is 440 g/mol. The number of hydrogen-bond donors (Lipinski definition) is 4. The highest BCUT2D eigenvalue weighted by Crippen LogP contribution is 2.30. The largest absolute Gasteiger partial charge is 0.508 e. The van der Waals surface area contributed by atoms with E-state index in [1.807, 2.05) is 0 Å². The molecule has 4 N–H and O–H groups in total. The molecule has 0 aromatic heterocycles. The standard InChI is InChI=1S/C26H28O8/c1-15-11-12-22(34-25(31)17-7-4-3-5-8-17)24(30)20(28)10-6-9-18-13-19(27)14-21(29)23(18)26(32)33-16(15)2/h3-9,11-16,20,22,24,27-30H,10H2,1-2H3/b9-6+,12-11-/t15-,16+,20+,22?,24?/m1/s1. The van der Waals surface area contributed by atoms with E-state index in [9.17, 15) is 30.0 Å². The van der Waals surface area contributed by atoms with Crippen LogP contribution in [-0.4, -0.2) is 56.8 Å². The van der Waals surface area contributed by atoms with E-state index in [4.69, 9.17) is 9.47 Å². The van der Waals surface area contributed by atoms with E-state index < -0.39 is 42.1 Å². The lowest BCUT2D eigenvalue weighted by Crippen LogP contribution is -2.39. The van der Waals surface area contributed by atoms with Crippen LogP contribution in [0.1, 0.15) is 46.5 Å². The maximum atomic E-state index is 12.8. The number of benzene rings is 2. The van der Waals surface area contributed by atoms with Crippen LogP contribution in [0.5, 0.6) is 11.5 Å². The quantitative estimate of drug-likeness (QED) is 0.390. The van der Waals surface area contributed by atoms with Gasteiger partial charge in [-0.3, -0.25) is 0 Å². The Bertz CT molecular complexity index is 1080. The number of aliphatic hydroxyl groups excluding tert-OH is 2. The number of esters is 2. The van der Waals surface area contributed by atoms with E-state index in [0.717, 1.165) is 6.07 Å². The van der Waals surface area contributed by atoms with Gasteiger partial charge in [0.2, 0.25) is 0 Å². The first kappa shape index (κ1) is 25.0. The molecule has 2 unspecified atom stereocenters. The monoisotopic (exact) mass is 468 g/mol. The van der Waals surface area contributed by atoms with Crippen molar-refractivity contribution in [1.29, 1.82) is 0 Å². The average Bonchev–Trinajstić information content (AvgIpc) is 2.80. The minimum absolute atomic E-state index is 0.0642. The molecule has 0 saturated heterocycles. The molecule has 180 valence electrons. The zero-order valence-electron chi connectivity index (χ0n) is 18.9. The molecule has 0 bridgehead atoms. The summed E-state index contributed by atoms with van der Waals surface area (Å²) in [7, 11) is 0. The molecular formula is C26H28O8. The van der Waals surface area contributed by atoms with Crippen LogP contribution in [0.4, 0.5) is 0 Å². The van der Waals surface area contributed by atoms with Crippen molar-refractivity contribution in [2.24, 2.45) is 5.92 Å². The van der Waals surface area contributed by atoms with Gasteiger partial charge in [0.1, 0.15) is 35.4 Å². The second-order valence-electron chi connectivity index (χ2n) is 8.22. The molecule has 5 atom stereocenters. The minimum Gasteiger partial charge on any atom is -0.508 e. The number of carbonyl (C=O) groups is 2. The fourth-order valence-electron chi connectivity index (χ4n) is 3.45. The summed E-state index contributed by atoms with van der Waals surface area (Å²) in [6.45, 7) is 3.42. The van der Waals surface area contributed by atoms with Gasteiger partial charge in [-0.15, -0.1) is 0 Å². The summed E-state index contributed by atoms with van der Waals surface area (Å²) in [6.07, 6.45) is 1.34. The number of aromatic hydroxyl groups is 2. The molecule has 0 spiro atoms. The van der Waals surface area contributed by atoms with Crippen molar-refractivity contribution in [2.45, 2.75) is 44.7 Å². The van der Waals surface area contributed by atoms with Crippen molar-refractivity contribution in [3.05, 3.63) is 77.4 Å². The molecule has 2 aromatic rings. The van der Waals surface area contributed by atoms with E-state index >= 15 is 0 Å². The molecule has 8 nitrogen and oxygen atoms in total. The predicted molar refractivity (Wildman–Crippen MR) is 124 cm³/mol. The first-order valence-electron chi connectivity index (χ1n) is 10.9. The summed E-state index contributed by atoms with van der Waals surface area (Å²) in [5.74, 6) is -2.51. The summed E-state index contributed by atoms with van der Waals surface area (Å²) in [4.78, 5) is 25.3. The van der Waals surface area contributed by atoms with Gasteiger partial charge < -0.3 is 29.9 Å². The highest BCUT2D eigenvalue weighted by Gasteiger charge is 2.29. The molecule has 1 aliphatic heterocycles. The Morgan fingerprint density at radius 3 is 2.47 bits per heavy atom. The van der Waals surface area contributed by atoms with Gasteiger partial charge in [-0.05, 0) is 43.2 Å². The predicted octanol–water partition coefficient (Wildman–Crippen LogP) is 3.20. The Morgan fingerprint density at radius 1 is 1.06 bits per heavy atom. The highest BCUT2D eigenvalue weighted by atomic mass is 16.6. The lowest BCUT2D eigenvalue weighted by Gasteiger charge is -2.25. The number of fused-ring (bicyclic) bond motifs is 1. The normalized spacial score (nSPS) is 27.5. The molecule has 3 rings (SSSR count). The van der Waals surface area contributed by atoms with Gasteiger partial charge in [-0.1, -0.05) is 43.4 Å². The number of cyclic esters (lactones) is 1. The van der Waals surface area contributed by atoms with Gasteiger partial charge in [0.05, 0.1) is 11.7 Å². The molecule has 2 aromatic carbocycles. The van der Waals surface area contributed by atoms with Crippen molar-refractivity contribution in [3.8, 4) is 11.5 Å². The van der Waals surface area contributed by atoms with Crippen molar-refractivity contribution in [2.75, 3.05) is 0 Å². The summed E-state index contributed by atoms with van der Waals surface area (Å²) < 4.78 is 11.0. The zero-order chi connectivity index (χ0) is 24.8. The number of rotatable bonds is 2. The molecule has 8 heteroatoms. The maximum Gasteiger partial charge on any atom is 0.342 e. The van der Waals surface area contributed by atoms with Crippen molar-refractivity contribution >= 4 is 18.0 Å². The van der Waals surface area contributed by atoms with Gasteiger partial charge >= 0.3 is 11.9 Å². The zero-order valence-corrected chi connectivity index (χ0v) is 18.9. The highest BCUT2D eigenvalue weighted by molar-refractivity contribution is 5.97. The van der Waals surface area contributed by atoms with Crippen LogP contribution in [0, 0.1) is 5.92 Å². The Kier molecular flexibility index (Phi) is 8.09. The number of phenolic OH excluding ortho intramolecular Hbond substituents is 2. The van der Waals surface area contributed by atoms with Crippen molar-refractivity contribution in [1.82, 2.24) is 0 Å². The molecule has 0 saturated carbocycles. The third-order valence-electron chi connectivity index (χ3n) is 5.63. The first-order chi connectivity index (χ1) is 16.2. The van der Waals surface area contributed by atoms with E-state index in [0.29, 0.717) is 5.56 Å². The van der Waals surface area contributed by atoms with Crippen LogP contribution >= 0.6 is 0 Å². The molecule has 34 heavy (non-hydrogen) atoms. The van der Waals surface area contributed by atoms with E-state index in [-0.39, 0.29) is 29.2 Å². The van der Waals surface area contributed by atoms with Gasteiger partial charge in [0.15, 0.2) is 0 Å². The second kappa shape index (κ2) is 11.0. The molecule has 1 heterocycles. The third kappa shape index (κ3) is 6.03. The third-order valence-corrected chi connectivity index (χ3v) is 5.63. The number of aliphatic hydroxyl groups is 2. The van der Waals surface area contributed by atoms with Gasteiger partial charge in [-0.2, -0.15) is 0 Å². The Balaban J connectivity index is 1.93. The SMILES string of the molecule is C[C@@H]1/C=C\C(OC(=O)c2ccccc2)C(O)[C@@H](O)C/C=C/c2cc(O)cc(O)c2C(=O)O[C@H]1C. The average molecular weight is 469 g/mol. The Hall–Kier alpha value is -3.62. The summed E-state index contributed by atoms with van der Waals surface area (Å²) in [5, 5.41) is 41.4. The maximum absolute atomic E-state index is 12.8. The smallest absolute Gasteiger partial charge is 0.342 e. The van der Waals surface area contributed by atoms with Gasteiger partial charge in [-0.25, -0.2) is 9.59 Å². The fourth-order valence-corrected chi connectivity index (χ4v) is 3.45. The number of phenols is 2. The van der Waals surface area contributed by atoms with Crippen LogP contribution in [-0.2, 0) is 9.47 Å². The minimum atomic E-state index is -1.45. The molecule has 0 aliphatic carbocycles. The van der Waals surface area contributed by atoms with Crippen LogP contribution < -0.4 is 0 Å². The number of hydrogen-bond acceptors (Lipinski definition) is 8. The van der Waals surface area contributed by atoms with Crippen LogP contribution in [0.2, 0.25) is 0 Å². The van der Waals surface area contributed by atoms with Crippen molar-refractivity contribution in [3.63, 3.8) is 0 Å². The first-order valence-corrected chi connectivity index (χ1v) is 10.9. The summed E-state index contributed by atoms with van der Waals surface area (Å²) in [5.41, 5.74) is 0.353. The topological polar surface area (TPSA) is 134 Å². The van der Waals surface area contributed by atoms with E-state index in [1.54, 1.807) is 50.3 Å². The fraction of sp³-hybridized carbons (Fsp3) is 0.308. The van der Waals surface area contributed by atoms with Gasteiger partial charge in [0.25, 0.3) is 0 Å². The summed E-state index contributed by atoms with van der Waals surface area (Å²) >= 11 is 0. The van der Waals surface area contributed by atoms with E-state index in [2.05, 4.69) is 0 Å². The Morgan fingerprint density at radius 2 is 1.76 bits per heavy atom. The molecule has 1 aliphatic rings. The van der Waals surface area contributed by atoms with E-state index in [1.165, 1.54) is 24.3 Å². The second-order valence-corrected chi connectivity index (χ2v) is 8.22. The van der Waals surface area contributed by atoms with Crippen LogP contribution in [0.25, 0.3) is 6.08 Å². The molecule has 0 fully saturated rings. The number of ether oxygens (including phenoxy) is 2. The lowest BCUT2D eigenvalue weighted by atomic mass is 9.98. The molecule has 0 radical (unpaired) electrons. The van der Waals surface area contributed by atoms with Crippen LogP contribution in [0.15, 0.2) is 60.7 Å². The summed E-state index contributed by atoms with van der Waals surface area (Å²) in [6, 6.07) is 10.6. The van der Waals surface area contributed by atoms with Gasteiger partial charge in [0, 0.05) is 12.0 Å². The van der Waals surface area contributed by atoms with Crippen LogP contribution in [0.3, 0.4) is 0 Å². The lowest BCUT2D eigenvalue weighted by molar-refractivity contribution is -0.0521. The number of carbonyl (C=O) groups excluding carboxylic acids is 2. The Labute approximate surface area is 197 Å². The van der Waals surface area contributed by atoms with Crippen molar-refractivity contribution < 1.29 is 39.5 Å². The molecule has 0 amide bonds.